The molecule has 0 saturated heterocycles. The minimum atomic E-state index is -0.888. The Bertz CT molecular complexity index is 741. The lowest BCUT2D eigenvalue weighted by Gasteiger charge is -2.02. The zero-order chi connectivity index (χ0) is 12.0. The fourth-order valence-corrected chi connectivity index (χ4v) is 2.69. The number of rotatable bonds is 1. The molecule has 1 aromatic carbocycles. The number of halogens is 2. The first-order valence-electron chi connectivity index (χ1n) is 4.80. The van der Waals surface area contributed by atoms with Gasteiger partial charge in [0.25, 0.3) is 0 Å². The van der Waals surface area contributed by atoms with E-state index in [2.05, 4.69) is 4.98 Å². The van der Waals surface area contributed by atoms with Crippen LogP contribution < -0.4 is 0 Å². The quantitative estimate of drug-likeness (QED) is 0.661. The predicted molar refractivity (Wildman–Crippen MR) is 66.3 cm³/mol. The Morgan fingerprint density at radius 3 is 2.76 bits per heavy atom. The van der Waals surface area contributed by atoms with Gasteiger partial charge in [-0.25, -0.2) is 8.78 Å². The van der Waals surface area contributed by atoms with Crippen LogP contribution in [0.1, 0.15) is 0 Å². The fraction of sp³-hybridized carbons (Fsp3) is 0. The molecular weight excluding hydrogens is 262 g/mol. The van der Waals surface area contributed by atoms with Gasteiger partial charge in [0.15, 0.2) is 16.4 Å². The lowest BCUT2D eigenvalue weighted by Crippen LogP contribution is -1.95. The zero-order valence-corrected chi connectivity index (χ0v) is 10.0. The molecule has 0 unspecified atom stereocenters. The molecule has 2 aromatic heterocycles. The summed E-state index contributed by atoms with van der Waals surface area (Å²) in [6.45, 7) is 0. The molecule has 2 heterocycles. The Morgan fingerprint density at radius 1 is 1.24 bits per heavy atom. The van der Waals surface area contributed by atoms with Crippen LogP contribution in [0.3, 0.4) is 0 Å². The molecule has 0 atom stereocenters. The number of imidazole rings is 1. The third-order valence-electron chi connectivity index (χ3n) is 2.50. The van der Waals surface area contributed by atoms with Crippen molar-refractivity contribution in [1.29, 1.82) is 0 Å². The smallest absolute Gasteiger partial charge is 0.184 e. The summed E-state index contributed by atoms with van der Waals surface area (Å²) < 4.78 is 28.9. The van der Waals surface area contributed by atoms with Crippen molar-refractivity contribution in [3.63, 3.8) is 0 Å². The van der Waals surface area contributed by atoms with Crippen LogP contribution in [0.5, 0.6) is 0 Å². The molecule has 0 fully saturated rings. The van der Waals surface area contributed by atoms with E-state index in [1.54, 1.807) is 6.07 Å². The van der Waals surface area contributed by atoms with Gasteiger partial charge >= 0.3 is 0 Å². The molecule has 0 aliphatic carbocycles. The number of aromatic amines is 1. The maximum Gasteiger partial charge on any atom is 0.184 e. The van der Waals surface area contributed by atoms with Crippen LogP contribution in [0.15, 0.2) is 29.0 Å². The summed E-state index contributed by atoms with van der Waals surface area (Å²) in [4.78, 5) is 2.86. The van der Waals surface area contributed by atoms with Crippen LogP contribution in [0, 0.1) is 16.4 Å². The molecule has 3 aromatic rings. The molecule has 6 heteroatoms. The van der Waals surface area contributed by atoms with Crippen molar-refractivity contribution >= 4 is 34.6 Å². The third-order valence-corrected chi connectivity index (χ3v) is 3.46. The van der Waals surface area contributed by atoms with Gasteiger partial charge in [-0.15, -0.1) is 0 Å². The van der Waals surface area contributed by atoms with Crippen LogP contribution in [0.4, 0.5) is 8.78 Å². The summed E-state index contributed by atoms with van der Waals surface area (Å²) in [6, 6.07) is 4.37. The lowest BCUT2D eigenvalue weighted by atomic mass is 10.3. The maximum absolute atomic E-state index is 13.8. The molecule has 0 amide bonds. The molecule has 86 valence electrons. The molecule has 0 saturated carbocycles. The normalized spacial score (nSPS) is 11.2. The van der Waals surface area contributed by atoms with Gasteiger partial charge in [0, 0.05) is 5.38 Å². The second-order valence-electron chi connectivity index (χ2n) is 3.50. The van der Waals surface area contributed by atoms with E-state index in [0.717, 1.165) is 11.8 Å². The molecule has 0 aliphatic heterocycles. The van der Waals surface area contributed by atoms with E-state index in [1.807, 2.05) is 10.8 Å². The summed E-state index contributed by atoms with van der Waals surface area (Å²) in [5.41, 5.74) is 1.37. The second kappa shape index (κ2) is 3.75. The van der Waals surface area contributed by atoms with Gasteiger partial charge < -0.3 is 4.98 Å². The number of nitrogens with zero attached hydrogens (tertiary/aromatic N) is 1. The number of fused-ring (bicyclic) bond motifs is 1. The largest absolute Gasteiger partial charge is 0.330 e. The molecule has 0 bridgehead atoms. The van der Waals surface area contributed by atoms with Gasteiger partial charge in [0.2, 0.25) is 0 Å². The zero-order valence-electron chi connectivity index (χ0n) is 8.41. The Hall–Kier alpha value is -1.53. The molecular formula is C11H6F2N2S2. The molecule has 2 nitrogen and oxygen atoms in total. The first-order valence-corrected chi connectivity index (χ1v) is 6.15. The Labute approximate surface area is 104 Å². The van der Waals surface area contributed by atoms with Crippen LogP contribution >= 0.6 is 23.6 Å². The number of hydrogen-bond acceptors (Lipinski definition) is 2. The molecule has 0 spiro atoms. The van der Waals surface area contributed by atoms with Crippen molar-refractivity contribution in [3.8, 4) is 5.69 Å². The average Bonchev–Trinajstić information content (AvgIpc) is 2.90. The van der Waals surface area contributed by atoms with Gasteiger partial charge in [0.05, 0.1) is 11.2 Å². The van der Waals surface area contributed by atoms with E-state index in [0.29, 0.717) is 10.3 Å². The van der Waals surface area contributed by atoms with Crippen molar-refractivity contribution in [3.05, 3.63) is 45.4 Å². The molecule has 17 heavy (non-hydrogen) atoms. The number of aromatic nitrogens is 2. The van der Waals surface area contributed by atoms with Gasteiger partial charge in [-0.05, 0) is 35.8 Å². The van der Waals surface area contributed by atoms with Gasteiger partial charge in [-0.1, -0.05) is 0 Å². The molecule has 1 N–H and O–H groups in total. The number of nitrogens with one attached hydrogen (secondary N) is 1. The average molecular weight is 268 g/mol. The highest BCUT2D eigenvalue weighted by molar-refractivity contribution is 7.71. The van der Waals surface area contributed by atoms with Crippen molar-refractivity contribution in [2.75, 3.05) is 0 Å². The van der Waals surface area contributed by atoms with Crippen LogP contribution in [-0.4, -0.2) is 9.55 Å². The first kappa shape index (κ1) is 10.6. The van der Waals surface area contributed by atoms with Gasteiger partial charge in [-0.3, -0.25) is 4.57 Å². The van der Waals surface area contributed by atoms with Gasteiger partial charge in [0.1, 0.15) is 5.52 Å². The highest BCUT2D eigenvalue weighted by Crippen LogP contribution is 2.24. The molecule has 3 rings (SSSR count). The van der Waals surface area contributed by atoms with E-state index in [-0.39, 0.29) is 5.52 Å². The monoisotopic (exact) mass is 268 g/mol. The number of benzene rings is 1. The standard InChI is InChI=1S/C11H6F2N2S2/c12-7-1-2-8-10(9(7)13)15(11(16)14-8)6-3-4-17-5-6/h1-5H,(H,14,16). The third kappa shape index (κ3) is 1.52. The number of H-pyrrole nitrogens is 1. The summed E-state index contributed by atoms with van der Waals surface area (Å²) in [6.07, 6.45) is 0. The Kier molecular flexibility index (Phi) is 2.34. The van der Waals surface area contributed by atoms with Crippen LogP contribution in [0.2, 0.25) is 0 Å². The van der Waals surface area contributed by atoms with Crippen molar-refractivity contribution in [2.24, 2.45) is 0 Å². The summed E-state index contributed by atoms with van der Waals surface area (Å²) >= 11 is 6.59. The Balaban J connectivity index is 2.50. The van der Waals surface area contributed by atoms with Crippen LogP contribution in [0.25, 0.3) is 16.7 Å². The van der Waals surface area contributed by atoms with Crippen molar-refractivity contribution in [1.82, 2.24) is 9.55 Å². The maximum atomic E-state index is 13.8. The summed E-state index contributed by atoms with van der Waals surface area (Å²) in [7, 11) is 0. The molecule has 0 aliphatic rings. The summed E-state index contributed by atoms with van der Waals surface area (Å²) in [5.74, 6) is -1.77. The van der Waals surface area contributed by atoms with E-state index in [1.165, 1.54) is 22.0 Å². The highest BCUT2D eigenvalue weighted by atomic mass is 32.1. The first-order chi connectivity index (χ1) is 8.18. The minimum Gasteiger partial charge on any atom is -0.330 e. The lowest BCUT2D eigenvalue weighted by molar-refractivity contribution is 0.514. The van der Waals surface area contributed by atoms with Crippen molar-refractivity contribution in [2.45, 2.75) is 0 Å². The number of thiophene rings is 1. The minimum absolute atomic E-state index is 0.147. The number of hydrogen-bond donors (Lipinski definition) is 1. The van der Waals surface area contributed by atoms with Gasteiger partial charge in [-0.2, -0.15) is 11.3 Å². The van der Waals surface area contributed by atoms with E-state index in [4.69, 9.17) is 12.2 Å². The Morgan fingerprint density at radius 2 is 2.06 bits per heavy atom. The fourth-order valence-electron chi connectivity index (χ4n) is 1.76. The van der Waals surface area contributed by atoms with Crippen molar-refractivity contribution < 1.29 is 8.78 Å². The summed E-state index contributed by atoms with van der Waals surface area (Å²) in [5, 5.41) is 3.68. The molecule has 0 radical (unpaired) electrons. The van der Waals surface area contributed by atoms with E-state index >= 15 is 0 Å². The topological polar surface area (TPSA) is 20.7 Å². The second-order valence-corrected chi connectivity index (χ2v) is 4.67. The van der Waals surface area contributed by atoms with E-state index < -0.39 is 11.6 Å². The highest BCUT2D eigenvalue weighted by Gasteiger charge is 2.14. The predicted octanol–water partition coefficient (Wildman–Crippen LogP) is 4.03. The van der Waals surface area contributed by atoms with E-state index in [9.17, 15) is 8.78 Å². The van der Waals surface area contributed by atoms with Crippen LogP contribution in [-0.2, 0) is 0 Å². The SMILES string of the molecule is Fc1ccc2[nH]c(=S)n(-c3ccsc3)c2c1F.